The molecule has 0 aromatic heterocycles. The van der Waals surface area contributed by atoms with E-state index in [0.29, 0.717) is 0 Å². The van der Waals surface area contributed by atoms with Gasteiger partial charge in [0.05, 0.1) is 5.92 Å². The Bertz CT molecular complexity index is 418. The Kier molecular flexibility index (Phi) is 7.56. The van der Waals surface area contributed by atoms with Crippen molar-refractivity contribution in [3.63, 3.8) is 0 Å². The first kappa shape index (κ1) is 17.5. The largest absolute Gasteiger partial charge is 0.353 e. The SMILES string of the molecule is CC(CCc1ccc(Br)cc1)NC(=O)C1CCNC1.Cl. The van der Waals surface area contributed by atoms with Crippen molar-refractivity contribution in [3.8, 4) is 0 Å². The number of rotatable bonds is 5. The lowest BCUT2D eigenvalue weighted by molar-refractivity contribution is -0.125. The Balaban J connectivity index is 0.00000200. The molecule has 1 aliphatic heterocycles. The second-order valence-corrected chi connectivity index (χ2v) is 6.18. The van der Waals surface area contributed by atoms with Crippen LogP contribution in [0.2, 0.25) is 0 Å². The number of benzene rings is 1. The summed E-state index contributed by atoms with van der Waals surface area (Å²) < 4.78 is 1.10. The average molecular weight is 362 g/mol. The van der Waals surface area contributed by atoms with Crippen molar-refractivity contribution in [2.24, 2.45) is 5.92 Å². The maximum absolute atomic E-state index is 12.0. The molecule has 1 fully saturated rings. The quantitative estimate of drug-likeness (QED) is 0.846. The lowest BCUT2D eigenvalue weighted by atomic mass is 10.0. The number of hydrogen-bond acceptors (Lipinski definition) is 2. The molecular weight excluding hydrogens is 340 g/mol. The van der Waals surface area contributed by atoms with Crippen molar-refractivity contribution in [2.75, 3.05) is 13.1 Å². The molecule has 2 N–H and O–H groups in total. The Morgan fingerprint density at radius 1 is 1.45 bits per heavy atom. The van der Waals surface area contributed by atoms with Crippen LogP contribution in [0.5, 0.6) is 0 Å². The second-order valence-electron chi connectivity index (χ2n) is 5.26. The molecule has 1 aliphatic rings. The predicted molar refractivity (Wildman–Crippen MR) is 88.3 cm³/mol. The Morgan fingerprint density at radius 2 is 2.15 bits per heavy atom. The van der Waals surface area contributed by atoms with Gasteiger partial charge in [-0.2, -0.15) is 0 Å². The van der Waals surface area contributed by atoms with Gasteiger partial charge >= 0.3 is 0 Å². The number of nitrogens with one attached hydrogen (secondary N) is 2. The van der Waals surface area contributed by atoms with Gasteiger partial charge < -0.3 is 10.6 Å². The van der Waals surface area contributed by atoms with E-state index in [-0.39, 0.29) is 30.3 Å². The third kappa shape index (κ3) is 5.43. The maximum atomic E-state index is 12.0. The first-order valence-corrected chi connectivity index (χ1v) is 7.70. The van der Waals surface area contributed by atoms with Crippen LogP contribution in [0.15, 0.2) is 28.7 Å². The summed E-state index contributed by atoms with van der Waals surface area (Å²) in [5.41, 5.74) is 1.31. The Morgan fingerprint density at radius 3 is 2.75 bits per heavy atom. The molecule has 1 aromatic rings. The van der Waals surface area contributed by atoms with E-state index in [1.165, 1.54) is 5.56 Å². The number of hydrogen-bond donors (Lipinski definition) is 2. The van der Waals surface area contributed by atoms with Crippen LogP contribution in [-0.4, -0.2) is 25.0 Å². The average Bonchev–Trinajstić information content (AvgIpc) is 2.92. The van der Waals surface area contributed by atoms with Crippen LogP contribution in [-0.2, 0) is 11.2 Å². The van der Waals surface area contributed by atoms with Crippen molar-refractivity contribution in [1.82, 2.24) is 10.6 Å². The fourth-order valence-electron chi connectivity index (χ4n) is 2.35. The van der Waals surface area contributed by atoms with Gasteiger partial charge in [-0.1, -0.05) is 28.1 Å². The molecule has 3 nitrogen and oxygen atoms in total. The smallest absolute Gasteiger partial charge is 0.224 e. The Labute approximate surface area is 135 Å². The third-order valence-electron chi connectivity index (χ3n) is 3.60. The van der Waals surface area contributed by atoms with Gasteiger partial charge in [0.25, 0.3) is 0 Å². The standard InChI is InChI=1S/C15H21BrN2O.ClH/c1-11(18-15(19)13-8-9-17-10-13)2-3-12-4-6-14(16)7-5-12;/h4-7,11,13,17H,2-3,8-10H2,1H3,(H,18,19);1H. The molecule has 0 spiro atoms. The van der Waals surface area contributed by atoms with Crippen molar-refractivity contribution in [3.05, 3.63) is 34.3 Å². The first-order chi connectivity index (χ1) is 9.15. The molecule has 2 atom stereocenters. The minimum absolute atomic E-state index is 0. The second kappa shape index (κ2) is 8.65. The fourth-order valence-corrected chi connectivity index (χ4v) is 2.61. The fraction of sp³-hybridized carbons (Fsp3) is 0.533. The molecule has 1 aromatic carbocycles. The van der Waals surface area contributed by atoms with Gasteiger partial charge in [-0.25, -0.2) is 0 Å². The summed E-state index contributed by atoms with van der Waals surface area (Å²) in [6.45, 7) is 3.87. The van der Waals surface area contributed by atoms with Crippen LogP contribution < -0.4 is 10.6 Å². The number of carbonyl (C=O) groups excluding carboxylic acids is 1. The van der Waals surface area contributed by atoms with Crippen LogP contribution in [0.1, 0.15) is 25.3 Å². The van der Waals surface area contributed by atoms with Gasteiger partial charge in [-0.3, -0.25) is 4.79 Å². The summed E-state index contributed by atoms with van der Waals surface area (Å²) in [5.74, 6) is 0.364. The van der Waals surface area contributed by atoms with E-state index < -0.39 is 0 Å². The molecule has 20 heavy (non-hydrogen) atoms. The molecule has 0 bridgehead atoms. The van der Waals surface area contributed by atoms with E-state index in [4.69, 9.17) is 0 Å². The zero-order valence-electron chi connectivity index (χ0n) is 11.7. The van der Waals surface area contributed by atoms with Gasteiger partial charge in [-0.05, 0) is 50.4 Å². The highest BCUT2D eigenvalue weighted by Crippen LogP contribution is 2.13. The predicted octanol–water partition coefficient (Wildman–Crippen LogP) is 2.92. The molecule has 0 aliphatic carbocycles. The summed E-state index contributed by atoms with van der Waals surface area (Å²) in [5, 5.41) is 6.34. The van der Waals surface area contributed by atoms with Crippen molar-refractivity contribution >= 4 is 34.2 Å². The minimum Gasteiger partial charge on any atom is -0.353 e. The zero-order chi connectivity index (χ0) is 13.7. The van der Waals surface area contributed by atoms with Crippen LogP contribution >= 0.6 is 28.3 Å². The third-order valence-corrected chi connectivity index (χ3v) is 4.13. The van der Waals surface area contributed by atoms with Gasteiger partial charge in [0, 0.05) is 17.1 Å². The van der Waals surface area contributed by atoms with E-state index in [1.54, 1.807) is 0 Å². The van der Waals surface area contributed by atoms with E-state index in [2.05, 4.69) is 57.8 Å². The normalized spacial score (nSPS) is 19.2. The summed E-state index contributed by atoms with van der Waals surface area (Å²) in [6, 6.07) is 8.60. The van der Waals surface area contributed by atoms with E-state index >= 15 is 0 Å². The van der Waals surface area contributed by atoms with E-state index in [1.807, 2.05) is 0 Å². The highest BCUT2D eigenvalue weighted by molar-refractivity contribution is 9.10. The molecule has 0 saturated carbocycles. The summed E-state index contributed by atoms with van der Waals surface area (Å²) in [7, 11) is 0. The zero-order valence-corrected chi connectivity index (χ0v) is 14.1. The number of aryl methyl sites for hydroxylation is 1. The van der Waals surface area contributed by atoms with Crippen LogP contribution in [0, 0.1) is 5.92 Å². The van der Waals surface area contributed by atoms with Crippen molar-refractivity contribution in [1.29, 1.82) is 0 Å². The molecule has 1 saturated heterocycles. The highest BCUT2D eigenvalue weighted by atomic mass is 79.9. The van der Waals surface area contributed by atoms with Crippen LogP contribution in [0.25, 0.3) is 0 Å². The van der Waals surface area contributed by atoms with Gasteiger partial charge in [-0.15, -0.1) is 12.4 Å². The number of amides is 1. The van der Waals surface area contributed by atoms with Crippen molar-refractivity contribution < 1.29 is 4.79 Å². The number of halogens is 2. The molecule has 0 radical (unpaired) electrons. The maximum Gasteiger partial charge on any atom is 0.224 e. The highest BCUT2D eigenvalue weighted by Gasteiger charge is 2.23. The molecule has 2 unspecified atom stereocenters. The molecule has 2 rings (SSSR count). The van der Waals surface area contributed by atoms with E-state index in [0.717, 1.165) is 36.8 Å². The summed E-state index contributed by atoms with van der Waals surface area (Å²) >= 11 is 3.43. The molecule has 1 heterocycles. The molecular formula is C15H22BrClN2O. The minimum atomic E-state index is 0. The lowest BCUT2D eigenvalue weighted by Crippen LogP contribution is -2.38. The summed E-state index contributed by atoms with van der Waals surface area (Å²) in [6.07, 6.45) is 2.94. The van der Waals surface area contributed by atoms with E-state index in [9.17, 15) is 4.79 Å². The monoisotopic (exact) mass is 360 g/mol. The van der Waals surface area contributed by atoms with Crippen molar-refractivity contribution in [2.45, 2.75) is 32.2 Å². The van der Waals surface area contributed by atoms with Gasteiger partial charge in [0.1, 0.15) is 0 Å². The van der Waals surface area contributed by atoms with Gasteiger partial charge in [0.15, 0.2) is 0 Å². The van der Waals surface area contributed by atoms with Crippen LogP contribution in [0.4, 0.5) is 0 Å². The summed E-state index contributed by atoms with van der Waals surface area (Å²) in [4.78, 5) is 12.0. The topological polar surface area (TPSA) is 41.1 Å². The van der Waals surface area contributed by atoms with Gasteiger partial charge in [0.2, 0.25) is 5.91 Å². The Hall–Kier alpha value is -0.580. The molecule has 1 amide bonds. The lowest BCUT2D eigenvalue weighted by Gasteiger charge is -2.16. The number of carbonyl (C=O) groups is 1. The first-order valence-electron chi connectivity index (χ1n) is 6.90. The molecule has 112 valence electrons. The van der Waals surface area contributed by atoms with Crippen LogP contribution in [0.3, 0.4) is 0 Å². The molecule has 5 heteroatoms.